The molecule has 0 nitrogen and oxygen atoms in total. The maximum Gasteiger partial charge on any atom is 2.00 e. The van der Waals surface area contributed by atoms with Gasteiger partial charge in [-0.1, -0.05) is 122 Å². The van der Waals surface area contributed by atoms with Gasteiger partial charge in [0.15, 0.2) is 0 Å². The topological polar surface area (TPSA) is 0 Å². The van der Waals surface area contributed by atoms with E-state index in [1.165, 1.54) is 76.5 Å². The molecule has 212 valence electrons. The quantitative estimate of drug-likeness (QED) is 0.208. The average Bonchev–Trinajstić information content (AvgIpc) is 3.57. The molecule has 0 saturated heterocycles. The third kappa shape index (κ3) is 6.96. The molecule has 0 radical (unpaired) electrons. The maximum absolute atomic E-state index is 2.28. The Balaban J connectivity index is 0.000000220. The minimum Gasteiger partial charge on any atom is -1.00 e. The molecular weight excluding hydrogens is 734 g/mol. The molecule has 0 atom stereocenters. The standard InChI is InChI=1S/2C20H15.2ClH.2Zr/c2*1-14-12-16-8-5-11-19(20(16)13-14)18-10-4-7-15-6-2-3-9-17(15)18;;;;/h2*2-13H,1H3;2*1H;;/q2*-1;;;2*+2/p-2. The molecule has 0 N–H and O–H groups in total. The molecular formula is C40H30Cl2Zr2. The molecule has 0 aliphatic carbocycles. The number of aryl methyl sites for hydroxylation is 2. The van der Waals surface area contributed by atoms with Gasteiger partial charge in [-0.3, -0.25) is 0 Å². The molecule has 8 rings (SSSR count). The molecule has 0 saturated carbocycles. The van der Waals surface area contributed by atoms with E-state index in [2.05, 4.69) is 159 Å². The number of hydrogen-bond donors (Lipinski definition) is 0. The van der Waals surface area contributed by atoms with Gasteiger partial charge >= 0.3 is 52.4 Å². The summed E-state index contributed by atoms with van der Waals surface area (Å²) in [5.41, 5.74) is 7.94. The van der Waals surface area contributed by atoms with E-state index in [0.717, 1.165) is 0 Å². The van der Waals surface area contributed by atoms with Crippen LogP contribution in [-0.4, -0.2) is 0 Å². The Morgan fingerprint density at radius 3 is 1.09 bits per heavy atom. The molecule has 0 aliphatic rings. The van der Waals surface area contributed by atoms with E-state index in [1.807, 2.05) is 0 Å². The van der Waals surface area contributed by atoms with Crippen LogP contribution in [0.25, 0.3) is 65.3 Å². The van der Waals surface area contributed by atoms with E-state index in [9.17, 15) is 0 Å². The van der Waals surface area contributed by atoms with E-state index in [-0.39, 0.29) is 77.2 Å². The van der Waals surface area contributed by atoms with Crippen LogP contribution in [0.5, 0.6) is 0 Å². The van der Waals surface area contributed by atoms with Gasteiger partial charge in [0.05, 0.1) is 0 Å². The number of rotatable bonds is 2. The van der Waals surface area contributed by atoms with Crippen LogP contribution in [0, 0.1) is 13.8 Å². The second-order valence-electron chi connectivity index (χ2n) is 10.7. The first kappa shape index (κ1) is 35.9. The van der Waals surface area contributed by atoms with Gasteiger partial charge in [-0.2, -0.15) is 12.1 Å². The van der Waals surface area contributed by atoms with E-state index in [4.69, 9.17) is 0 Å². The first-order valence-corrected chi connectivity index (χ1v) is 13.9. The Morgan fingerprint density at radius 1 is 0.364 bits per heavy atom. The van der Waals surface area contributed by atoms with E-state index in [1.54, 1.807) is 0 Å². The van der Waals surface area contributed by atoms with Crippen molar-refractivity contribution in [3.05, 3.63) is 157 Å². The fourth-order valence-electron chi connectivity index (χ4n) is 6.16. The van der Waals surface area contributed by atoms with Crippen molar-refractivity contribution in [2.45, 2.75) is 13.8 Å². The third-order valence-electron chi connectivity index (χ3n) is 7.95. The zero-order valence-corrected chi connectivity index (χ0v) is 31.0. The monoisotopic (exact) mass is 760 g/mol. The zero-order valence-electron chi connectivity index (χ0n) is 24.6. The largest absolute Gasteiger partial charge is 2.00 e. The summed E-state index contributed by atoms with van der Waals surface area (Å²) in [4.78, 5) is 0. The Bertz CT molecular complexity index is 1990. The summed E-state index contributed by atoms with van der Waals surface area (Å²) in [6, 6.07) is 52.5. The number of hydrogen-bond acceptors (Lipinski definition) is 0. The van der Waals surface area contributed by atoms with Crippen molar-refractivity contribution < 1.29 is 77.2 Å². The van der Waals surface area contributed by atoms with Gasteiger partial charge in [0.1, 0.15) is 0 Å². The minimum absolute atomic E-state index is 0. The fourth-order valence-corrected chi connectivity index (χ4v) is 6.16. The van der Waals surface area contributed by atoms with Crippen molar-refractivity contribution in [3.63, 3.8) is 0 Å². The van der Waals surface area contributed by atoms with Crippen LogP contribution in [0.4, 0.5) is 0 Å². The van der Waals surface area contributed by atoms with Crippen LogP contribution in [0.2, 0.25) is 0 Å². The van der Waals surface area contributed by atoms with Crippen LogP contribution < -0.4 is 24.8 Å². The van der Waals surface area contributed by atoms with Gasteiger partial charge < -0.3 is 24.8 Å². The molecule has 4 heteroatoms. The van der Waals surface area contributed by atoms with Gasteiger partial charge in [0.2, 0.25) is 0 Å². The summed E-state index contributed by atoms with van der Waals surface area (Å²) in [7, 11) is 0. The molecule has 0 amide bonds. The van der Waals surface area contributed by atoms with Crippen LogP contribution >= 0.6 is 0 Å². The van der Waals surface area contributed by atoms with E-state index < -0.39 is 0 Å². The Labute approximate surface area is 310 Å². The van der Waals surface area contributed by atoms with Crippen molar-refractivity contribution in [1.29, 1.82) is 0 Å². The Kier molecular flexibility index (Phi) is 12.7. The molecule has 8 aromatic carbocycles. The Hall–Kier alpha value is -2.59. The van der Waals surface area contributed by atoms with Gasteiger partial charge in [-0.05, 0) is 32.7 Å². The van der Waals surface area contributed by atoms with Gasteiger partial charge in [0.25, 0.3) is 0 Å². The first-order valence-electron chi connectivity index (χ1n) is 13.9. The first-order chi connectivity index (χ1) is 19.7. The van der Waals surface area contributed by atoms with Crippen LogP contribution in [0.3, 0.4) is 0 Å². The second-order valence-corrected chi connectivity index (χ2v) is 10.7. The molecule has 44 heavy (non-hydrogen) atoms. The average molecular weight is 764 g/mol. The molecule has 0 unspecified atom stereocenters. The van der Waals surface area contributed by atoms with Crippen molar-refractivity contribution in [1.82, 2.24) is 0 Å². The molecule has 0 bridgehead atoms. The van der Waals surface area contributed by atoms with Crippen LogP contribution in [-0.2, 0) is 52.4 Å². The molecule has 0 fully saturated rings. The second kappa shape index (κ2) is 15.6. The van der Waals surface area contributed by atoms with Crippen LogP contribution in [0.15, 0.2) is 146 Å². The summed E-state index contributed by atoms with van der Waals surface area (Å²) in [6.07, 6.45) is 0. The molecule has 0 heterocycles. The molecule has 8 aromatic rings. The third-order valence-corrected chi connectivity index (χ3v) is 7.95. The fraction of sp³-hybridized carbons (Fsp3) is 0.0500. The predicted octanol–water partition coefficient (Wildman–Crippen LogP) is 5.38. The van der Waals surface area contributed by atoms with Crippen LogP contribution in [0.1, 0.15) is 11.1 Å². The molecule has 0 spiro atoms. The summed E-state index contributed by atoms with van der Waals surface area (Å²) in [5, 5.41) is 10.6. The SMILES string of the molecule is Cc1cc2c(-c3cccc4ccccc34)cccc2[cH-]1.Cc1cc2c(-c3cccc4ccccc34)cccc2[cH-]1.[Cl-].[Cl-].[Zr+2].[Zr+2]. The minimum atomic E-state index is 0. The number of halogens is 2. The molecule has 0 aliphatic heterocycles. The summed E-state index contributed by atoms with van der Waals surface area (Å²) >= 11 is 0. The van der Waals surface area contributed by atoms with Crippen molar-refractivity contribution in [2.75, 3.05) is 0 Å². The smallest absolute Gasteiger partial charge is 1.00 e. The normalized spacial score (nSPS) is 10.2. The summed E-state index contributed by atoms with van der Waals surface area (Å²) in [6.45, 7) is 4.32. The number of fused-ring (bicyclic) bond motifs is 4. The predicted molar refractivity (Wildman–Crippen MR) is 174 cm³/mol. The molecule has 0 aromatic heterocycles. The van der Waals surface area contributed by atoms with Gasteiger partial charge in [-0.25, -0.2) is 0 Å². The van der Waals surface area contributed by atoms with E-state index in [0.29, 0.717) is 0 Å². The summed E-state index contributed by atoms with van der Waals surface area (Å²) < 4.78 is 0. The van der Waals surface area contributed by atoms with Gasteiger partial charge in [0, 0.05) is 0 Å². The zero-order chi connectivity index (χ0) is 27.1. The summed E-state index contributed by atoms with van der Waals surface area (Å²) in [5.74, 6) is 0. The number of benzene rings is 6. The van der Waals surface area contributed by atoms with Gasteiger partial charge in [-0.15, -0.1) is 69.1 Å². The Morgan fingerprint density at radius 2 is 0.682 bits per heavy atom. The van der Waals surface area contributed by atoms with E-state index >= 15 is 0 Å². The van der Waals surface area contributed by atoms with Crippen molar-refractivity contribution in [2.24, 2.45) is 0 Å². The van der Waals surface area contributed by atoms with Crippen molar-refractivity contribution >= 4 is 43.1 Å². The maximum atomic E-state index is 2.28. The van der Waals surface area contributed by atoms with Crippen molar-refractivity contribution in [3.8, 4) is 22.3 Å².